The van der Waals surface area contributed by atoms with E-state index in [9.17, 15) is 14.7 Å². The van der Waals surface area contributed by atoms with Crippen LogP contribution >= 0.6 is 11.8 Å². The Bertz CT molecular complexity index is 877. The Morgan fingerprint density at radius 2 is 2.00 bits per heavy atom. The van der Waals surface area contributed by atoms with Crippen LogP contribution in [0, 0.1) is 0 Å². The number of nitrogens with one attached hydrogen (secondary N) is 4. The van der Waals surface area contributed by atoms with Gasteiger partial charge in [-0.1, -0.05) is 26.0 Å². The lowest BCUT2D eigenvalue weighted by Gasteiger charge is -2.08. The van der Waals surface area contributed by atoms with E-state index in [1.165, 1.54) is 18.0 Å². The Labute approximate surface area is 153 Å². The monoisotopic (exact) mass is 377 g/mol. The molecule has 2 aromatic rings. The Hall–Kier alpha value is -2.98. The van der Waals surface area contributed by atoms with Crippen molar-refractivity contribution in [3.63, 3.8) is 0 Å². The second-order valence-corrected chi connectivity index (χ2v) is 7.14. The van der Waals surface area contributed by atoms with Crippen LogP contribution in [0.1, 0.15) is 29.8 Å². The van der Waals surface area contributed by atoms with Crippen LogP contribution < -0.4 is 32.9 Å². The van der Waals surface area contributed by atoms with Gasteiger partial charge in [0, 0.05) is 22.7 Å². The van der Waals surface area contributed by atoms with Gasteiger partial charge in [-0.3, -0.25) is 10.6 Å². The van der Waals surface area contributed by atoms with Gasteiger partial charge in [0.1, 0.15) is 0 Å². The summed E-state index contributed by atoms with van der Waals surface area (Å²) in [5.41, 5.74) is 8.49. The van der Waals surface area contributed by atoms with Crippen LogP contribution in [0.5, 0.6) is 5.88 Å². The number of thioether (sulfide) groups is 1. The highest BCUT2D eigenvalue weighted by atomic mass is 32.2. The molecule has 0 spiro atoms. The van der Waals surface area contributed by atoms with E-state index >= 15 is 0 Å². The van der Waals surface area contributed by atoms with Crippen molar-refractivity contribution in [3.8, 4) is 5.88 Å². The highest BCUT2D eigenvalue weighted by Crippen LogP contribution is 2.18. The van der Waals surface area contributed by atoms with E-state index in [2.05, 4.69) is 20.7 Å². The quantitative estimate of drug-likeness (QED) is 0.183. The maximum Gasteiger partial charge on any atom is 0.352 e. The summed E-state index contributed by atoms with van der Waals surface area (Å²) in [7, 11) is 0. The normalized spacial score (nSPS) is 11.5. The Morgan fingerprint density at radius 3 is 2.50 bits per heavy atom. The first-order valence-corrected chi connectivity index (χ1v) is 8.59. The first-order chi connectivity index (χ1) is 12.3. The minimum atomic E-state index is -0.736. The number of H-pyrrole nitrogens is 2. The summed E-state index contributed by atoms with van der Waals surface area (Å²) in [6.07, 6.45) is 1.32. The van der Waals surface area contributed by atoms with Gasteiger partial charge in [0.05, 0.1) is 5.70 Å². The van der Waals surface area contributed by atoms with Crippen molar-refractivity contribution in [2.75, 3.05) is 5.32 Å². The van der Waals surface area contributed by atoms with Crippen molar-refractivity contribution in [3.05, 3.63) is 51.9 Å². The van der Waals surface area contributed by atoms with E-state index < -0.39 is 22.9 Å². The summed E-state index contributed by atoms with van der Waals surface area (Å²) in [4.78, 5) is 29.6. The van der Waals surface area contributed by atoms with Gasteiger partial charge in [-0.2, -0.15) is 4.98 Å². The molecule has 0 unspecified atom stereocenters. The average molecular weight is 377 g/mol. The zero-order chi connectivity index (χ0) is 19.3. The van der Waals surface area contributed by atoms with Crippen molar-refractivity contribution in [2.45, 2.75) is 24.3 Å². The number of carbonyl (C=O) groups is 1. The van der Waals surface area contributed by atoms with Gasteiger partial charge in [0.25, 0.3) is 5.91 Å². The lowest BCUT2D eigenvalue weighted by atomic mass is 10.1. The Morgan fingerprint density at radius 1 is 1.35 bits per heavy atom. The van der Waals surface area contributed by atoms with Crippen LogP contribution in [0.3, 0.4) is 0 Å². The molecule has 0 atom stereocenters. The van der Waals surface area contributed by atoms with Crippen LogP contribution in [-0.4, -0.2) is 21.2 Å². The van der Waals surface area contributed by atoms with E-state index in [1.54, 1.807) is 24.3 Å². The van der Waals surface area contributed by atoms with Crippen molar-refractivity contribution < 1.29 is 14.9 Å². The largest absolute Gasteiger partial charge is 0.477 e. The molecular formula is C16H21N6O3S+. The fourth-order valence-electron chi connectivity index (χ4n) is 2.13. The fraction of sp³-hybridized carbons (Fsp3) is 0.188. The highest BCUT2D eigenvalue weighted by molar-refractivity contribution is 7.99. The van der Waals surface area contributed by atoms with E-state index in [4.69, 9.17) is 11.6 Å². The predicted octanol–water partition coefficient (Wildman–Crippen LogP) is 0.368. The maximum absolute atomic E-state index is 12.3. The summed E-state index contributed by atoms with van der Waals surface area (Å²) in [5, 5.41) is 13.1. The number of aromatic hydroxyl groups is 1. The van der Waals surface area contributed by atoms with Crippen LogP contribution in [0.15, 0.2) is 40.4 Å². The molecule has 1 amide bonds. The Balaban J connectivity index is 2.21. The summed E-state index contributed by atoms with van der Waals surface area (Å²) in [6.45, 7) is 3.87. The zero-order valence-corrected chi connectivity index (χ0v) is 15.1. The van der Waals surface area contributed by atoms with Crippen LogP contribution in [0.4, 0.5) is 5.69 Å². The fourth-order valence-corrected chi connectivity index (χ4v) is 2.91. The molecule has 1 aromatic carbocycles. The SMILES string of the molecule is CC(C)Sc1[nH]c(=O)c(C(=O)Nc2ccc(/C(=C/N)NN)cc2)c(O)[nH+]1. The van der Waals surface area contributed by atoms with E-state index in [-0.39, 0.29) is 5.25 Å². The van der Waals surface area contributed by atoms with Crippen molar-refractivity contribution in [2.24, 2.45) is 11.6 Å². The molecule has 9 N–H and O–H groups in total. The van der Waals surface area contributed by atoms with Gasteiger partial charge in [-0.25, -0.2) is 9.78 Å². The Kier molecular flexibility index (Phi) is 6.26. The van der Waals surface area contributed by atoms with Gasteiger partial charge >= 0.3 is 16.6 Å². The van der Waals surface area contributed by atoms with Gasteiger partial charge in [-0.05, 0) is 23.9 Å². The van der Waals surface area contributed by atoms with Crippen molar-refractivity contribution >= 4 is 29.1 Å². The molecule has 138 valence electrons. The summed E-state index contributed by atoms with van der Waals surface area (Å²) >= 11 is 1.33. The lowest BCUT2D eigenvalue weighted by molar-refractivity contribution is -0.447. The van der Waals surface area contributed by atoms with E-state index in [0.717, 1.165) is 5.56 Å². The first kappa shape index (κ1) is 19.3. The number of aromatic amines is 2. The molecule has 2 rings (SSSR count). The van der Waals surface area contributed by atoms with E-state index in [0.29, 0.717) is 16.5 Å². The number of anilines is 1. The summed E-state index contributed by atoms with van der Waals surface area (Å²) in [5.74, 6) is 4.12. The second kappa shape index (κ2) is 8.41. The molecule has 0 radical (unpaired) electrons. The number of rotatable bonds is 6. The smallest absolute Gasteiger partial charge is 0.352 e. The molecule has 0 aliphatic heterocycles. The minimum absolute atomic E-state index is 0.190. The predicted molar refractivity (Wildman–Crippen MR) is 100 cm³/mol. The van der Waals surface area contributed by atoms with Crippen LogP contribution in [0.25, 0.3) is 5.70 Å². The molecular weight excluding hydrogens is 356 g/mol. The average Bonchev–Trinajstić information content (AvgIpc) is 2.56. The molecule has 0 saturated carbocycles. The molecule has 0 fully saturated rings. The van der Waals surface area contributed by atoms with E-state index in [1.807, 2.05) is 13.8 Å². The minimum Gasteiger partial charge on any atom is -0.477 e. The topological polar surface area (TPSA) is 160 Å². The second-order valence-electron chi connectivity index (χ2n) is 5.55. The molecule has 10 heteroatoms. The molecule has 9 nitrogen and oxygen atoms in total. The number of hydrogen-bond donors (Lipinski definition) is 6. The molecule has 0 aliphatic rings. The van der Waals surface area contributed by atoms with Gasteiger partial charge < -0.3 is 21.6 Å². The number of hydrogen-bond acceptors (Lipinski definition) is 7. The molecule has 0 aliphatic carbocycles. The van der Waals surface area contributed by atoms with Crippen LogP contribution in [0.2, 0.25) is 0 Å². The van der Waals surface area contributed by atoms with Gasteiger partial charge in [0.15, 0.2) is 0 Å². The molecule has 1 aromatic heterocycles. The lowest BCUT2D eigenvalue weighted by Crippen LogP contribution is -2.29. The maximum atomic E-state index is 12.3. The third kappa shape index (κ3) is 4.55. The number of hydrazine groups is 1. The molecule has 0 saturated heterocycles. The third-order valence-electron chi connectivity index (χ3n) is 3.28. The molecule has 0 bridgehead atoms. The number of amides is 1. The third-order valence-corrected chi connectivity index (χ3v) is 4.19. The molecule has 1 heterocycles. The standard InChI is InChI=1S/C16H20N6O3S/c1-8(2)26-16-20-14(24)12(15(25)21-16)13(23)19-10-5-3-9(4-6-10)11(7-17)22-18/h3-8,22H,17-18H2,1-2H3,(H,19,23)(H2,20,21,24,25)/p+1/b11-7-. The van der Waals surface area contributed by atoms with Crippen LogP contribution in [-0.2, 0) is 0 Å². The first-order valence-electron chi connectivity index (χ1n) is 7.71. The van der Waals surface area contributed by atoms with Gasteiger partial charge in [-0.15, -0.1) is 0 Å². The zero-order valence-electron chi connectivity index (χ0n) is 14.3. The number of carbonyl (C=O) groups excluding carboxylic acids is 1. The van der Waals surface area contributed by atoms with Gasteiger partial charge in [0.2, 0.25) is 5.56 Å². The number of aromatic nitrogens is 2. The number of nitrogens with two attached hydrogens (primary N) is 2. The van der Waals surface area contributed by atoms with Crippen molar-refractivity contribution in [1.29, 1.82) is 0 Å². The number of benzene rings is 1. The van der Waals surface area contributed by atoms with Crippen molar-refractivity contribution in [1.82, 2.24) is 10.4 Å². The summed E-state index contributed by atoms with van der Waals surface area (Å²) in [6, 6.07) is 6.61. The highest BCUT2D eigenvalue weighted by Gasteiger charge is 2.24. The molecule has 26 heavy (non-hydrogen) atoms. The summed E-state index contributed by atoms with van der Waals surface area (Å²) < 4.78 is 0.